The number of benzene rings is 2. The minimum atomic E-state index is 0.171. The molecule has 1 atom stereocenters. The number of nitrogens with zero attached hydrogens (tertiary/aromatic N) is 3. The van der Waals surface area contributed by atoms with Crippen LogP contribution in [0.2, 0.25) is 0 Å². The Hall–Kier alpha value is -2.43. The van der Waals surface area contributed by atoms with Crippen LogP contribution in [0.5, 0.6) is 0 Å². The summed E-state index contributed by atoms with van der Waals surface area (Å²) in [5.74, 6) is 1.92. The van der Waals surface area contributed by atoms with Crippen molar-refractivity contribution in [3.8, 4) is 6.07 Å². The third-order valence-corrected chi connectivity index (χ3v) is 6.52. The molecule has 1 aliphatic heterocycles. The van der Waals surface area contributed by atoms with Gasteiger partial charge in [-0.25, -0.2) is 0 Å². The summed E-state index contributed by atoms with van der Waals surface area (Å²) in [6.07, 6.45) is 0.863. The smallest absolute Gasteiger partial charge is 0.178 e. The van der Waals surface area contributed by atoms with E-state index in [1.807, 2.05) is 30.0 Å². The fourth-order valence-electron chi connectivity index (χ4n) is 3.93. The summed E-state index contributed by atoms with van der Waals surface area (Å²) >= 11 is 7.49. The second kappa shape index (κ2) is 8.13. The number of hydrogen-bond donors (Lipinski definition) is 2. The van der Waals surface area contributed by atoms with Crippen molar-refractivity contribution in [3.05, 3.63) is 52.3 Å². The molecule has 3 aromatic rings. The van der Waals surface area contributed by atoms with Crippen LogP contribution in [0.15, 0.2) is 36.4 Å². The van der Waals surface area contributed by atoms with Gasteiger partial charge >= 0.3 is 0 Å². The summed E-state index contributed by atoms with van der Waals surface area (Å²) in [5, 5.41) is 12.8. The van der Waals surface area contributed by atoms with Crippen molar-refractivity contribution >= 4 is 46.4 Å². The van der Waals surface area contributed by atoms with Crippen molar-refractivity contribution in [1.29, 1.82) is 5.26 Å². The van der Waals surface area contributed by atoms with Crippen LogP contribution in [0.3, 0.4) is 0 Å². The number of rotatable bonds is 4. The first-order chi connectivity index (χ1) is 14.0. The Labute approximate surface area is 180 Å². The molecule has 5 nitrogen and oxygen atoms in total. The zero-order valence-corrected chi connectivity index (χ0v) is 18.5. The minimum absolute atomic E-state index is 0.171. The Morgan fingerprint density at radius 1 is 1.21 bits per heavy atom. The van der Waals surface area contributed by atoms with Crippen LogP contribution in [0.1, 0.15) is 37.9 Å². The number of hydrogen-bond acceptors (Lipinski definition) is 5. The SMILES string of the molecule is CC(C)N1CSCNc2cc(CC(C)n3c(=S)[nH]c4ccc(C#N)cc43)ccc21. The van der Waals surface area contributed by atoms with E-state index in [0.29, 0.717) is 16.4 Å². The molecule has 0 fully saturated rings. The van der Waals surface area contributed by atoms with Gasteiger partial charge in [0.25, 0.3) is 0 Å². The van der Waals surface area contributed by atoms with Crippen LogP contribution < -0.4 is 10.2 Å². The summed E-state index contributed by atoms with van der Waals surface area (Å²) in [6.45, 7) is 6.65. The molecule has 2 N–H and O–H groups in total. The topological polar surface area (TPSA) is 59.8 Å². The lowest BCUT2D eigenvalue weighted by molar-refractivity contribution is 0.553. The average Bonchev–Trinajstić information content (AvgIpc) is 2.88. The molecule has 29 heavy (non-hydrogen) atoms. The summed E-state index contributed by atoms with van der Waals surface area (Å²) < 4.78 is 2.82. The Kier molecular flexibility index (Phi) is 5.57. The van der Waals surface area contributed by atoms with E-state index in [-0.39, 0.29) is 6.04 Å². The van der Waals surface area contributed by atoms with Crippen LogP contribution in [-0.2, 0) is 6.42 Å². The molecule has 0 spiro atoms. The molecule has 0 saturated heterocycles. The molecule has 1 aliphatic rings. The lowest BCUT2D eigenvalue weighted by atomic mass is 10.0. The zero-order valence-electron chi connectivity index (χ0n) is 16.9. The lowest BCUT2D eigenvalue weighted by Gasteiger charge is -2.28. The van der Waals surface area contributed by atoms with E-state index in [1.165, 1.54) is 16.9 Å². The lowest BCUT2D eigenvalue weighted by Crippen LogP contribution is -2.29. The van der Waals surface area contributed by atoms with Crippen molar-refractivity contribution in [3.63, 3.8) is 0 Å². The summed E-state index contributed by atoms with van der Waals surface area (Å²) in [5.41, 5.74) is 6.33. The number of H-pyrrole nitrogens is 1. The monoisotopic (exact) mass is 423 g/mol. The summed E-state index contributed by atoms with van der Waals surface area (Å²) in [4.78, 5) is 5.70. The standard InChI is InChI=1S/C22H25N5S2/c1-14(2)26-13-29-12-24-19-9-16(5-7-20(19)26)8-15(3)27-21-10-17(11-23)4-6-18(21)25-22(27)28/h4-7,9-10,14-15,24H,8,12-13H2,1-3H3,(H,25,28). The molecule has 1 unspecified atom stereocenters. The molecular weight excluding hydrogens is 398 g/mol. The first kappa shape index (κ1) is 19.9. The normalized spacial score (nSPS) is 14.9. The highest BCUT2D eigenvalue weighted by Gasteiger charge is 2.19. The van der Waals surface area contributed by atoms with Gasteiger partial charge in [0, 0.05) is 12.1 Å². The number of imidazole rings is 1. The number of anilines is 2. The van der Waals surface area contributed by atoms with Gasteiger partial charge in [0.1, 0.15) is 0 Å². The van der Waals surface area contributed by atoms with E-state index < -0.39 is 0 Å². The van der Waals surface area contributed by atoms with Gasteiger partial charge < -0.3 is 19.8 Å². The van der Waals surface area contributed by atoms with Crippen LogP contribution in [0, 0.1) is 16.1 Å². The maximum Gasteiger partial charge on any atom is 0.178 e. The highest BCUT2D eigenvalue weighted by Crippen LogP contribution is 2.34. The molecule has 0 radical (unpaired) electrons. The number of fused-ring (bicyclic) bond motifs is 2. The predicted octanol–water partition coefficient (Wildman–Crippen LogP) is 5.66. The van der Waals surface area contributed by atoms with Crippen LogP contribution in [-0.4, -0.2) is 27.3 Å². The van der Waals surface area contributed by atoms with Crippen molar-refractivity contribution in [2.45, 2.75) is 39.3 Å². The Morgan fingerprint density at radius 2 is 2.03 bits per heavy atom. The van der Waals surface area contributed by atoms with Gasteiger partial charge in [-0.3, -0.25) is 0 Å². The quantitative estimate of drug-likeness (QED) is 0.530. The summed E-state index contributed by atoms with van der Waals surface area (Å²) in [7, 11) is 0. The predicted molar refractivity (Wildman–Crippen MR) is 125 cm³/mol. The molecule has 7 heteroatoms. The van der Waals surface area contributed by atoms with Gasteiger partial charge in [0.15, 0.2) is 4.77 Å². The molecule has 0 saturated carbocycles. The van der Waals surface area contributed by atoms with Gasteiger partial charge in [-0.2, -0.15) is 5.26 Å². The molecular formula is C22H25N5S2. The van der Waals surface area contributed by atoms with E-state index in [0.717, 1.165) is 29.2 Å². The van der Waals surface area contributed by atoms with Crippen LogP contribution in [0.4, 0.5) is 11.4 Å². The molecule has 0 bridgehead atoms. The third kappa shape index (κ3) is 3.87. The van der Waals surface area contributed by atoms with E-state index >= 15 is 0 Å². The molecule has 2 aromatic carbocycles. The largest absolute Gasteiger partial charge is 0.374 e. The molecule has 2 heterocycles. The third-order valence-electron chi connectivity index (χ3n) is 5.41. The minimum Gasteiger partial charge on any atom is -0.374 e. The number of thioether (sulfide) groups is 1. The number of aromatic amines is 1. The van der Waals surface area contributed by atoms with E-state index in [1.54, 1.807) is 0 Å². The molecule has 0 aliphatic carbocycles. The van der Waals surface area contributed by atoms with Crippen molar-refractivity contribution in [1.82, 2.24) is 9.55 Å². The highest BCUT2D eigenvalue weighted by molar-refractivity contribution is 7.99. The number of aromatic nitrogens is 2. The second-order valence-corrected chi connectivity index (χ2v) is 9.11. The van der Waals surface area contributed by atoms with E-state index in [2.05, 4.69) is 64.8 Å². The first-order valence-electron chi connectivity index (χ1n) is 9.83. The number of nitriles is 1. The molecule has 4 rings (SSSR count). The fraction of sp³-hybridized carbons (Fsp3) is 0.364. The fourth-order valence-corrected chi connectivity index (χ4v) is 5.30. The maximum absolute atomic E-state index is 9.26. The Balaban J connectivity index is 1.66. The van der Waals surface area contributed by atoms with Crippen molar-refractivity contribution in [2.75, 3.05) is 22.0 Å². The maximum atomic E-state index is 9.26. The van der Waals surface area contributed by atoms with Gasteiger partial charge in [0.2, 0.25) is 0 Å². The Morgan fingerprint density at radius 3 is 2.79 bits per heavy atom. The average molecular weight is 424 g/mol. The van der Waals surface area contributed by atoms with Crippen molar-refractivity contribution < 1.29 is 0 Å². The summed E-state index contributed by atoms with van der Waals surface area (Å²) in [6, 6.07) is 15.2. The molecule has 150 valence electrons. The first-order valence-corrected chi connectivity index (χ1v) is 11.4. The van der Waals surface area contributed by atoms with Crippen molar-refractivity contribution in [2.24, 2.45) is 0 Å². The molecule has 1 aromatic heterocycles. The van der Waals surface area contributed by atoms with Crippen LogP contribution in [0.25, 0.3) is 11.0 Å². The van der Waals surface area contributed by atoms with E-state index in [9.17, 15) is 5.26 Å². The number of nitrogens with one attached hydrogen (secondary N) is 2. The molecule has 0 amide bonds. The van der Waals surface area contributed by atoms with E-state index in [4.69, 9.17) is 12.2 Å². The second-order valence-electron chi connectivity index (χ2n) is 7.77. The highest BCUT2D eigenvalue weighted by atomic mass is 32.2. The van der Waals surface area contributed by atoms with Gasteiger partial charge in [-0.05, 0) is 75.3 Å². The van der Waals surface area contributed by atoms with Crippen LogP contribution >= 0.6 is 24.0 Å². The van der Waals surface area contributed by atoms with Gasteiger partial charge in [-0.15, -0.1) is 11.8 Å². The Bertz CT molecular complexity index is 1140. The van der Waals surface area contributed by atoms with Gasteiger partial charge in [0.05, 0.1) is 45.8 Å². The van der Waals surface area contributed by atoms with Gasteiger partial charge in [-0.1, -0.05) is 6.07 Å². The zero-order chi connectivity index (χ0) is 20.5.